The van der Waals surface area contributed by atoms with Crippen molar-refractivity contribution in [2.75, 3.05) is 13.2 Å². The Hall–Kier alpha value is -4.78. The number of piperidine rings is 1. The summed E-state index contributed by atoms with van der Waals surface area (Å²) in [6.07, 6.45) is 4.35. The van der Waals surface area contributed by atoms with Crippen LogP contribution < -0.4 is 10.3 Å². The largest absolute Gasteiger partial charge is 0.490 e. The molecule has 2 aromatic carbocycles. The third kappa shape index (κ3) is 4.68. The van der Waals surface area contributed by atoms with Crippen LogP contribution in [0.5, 0.6) is 5.75 Å². The number of hydrogen-bond acceptors (Lipinski definition) is 8. The summed E-state index contributed by atoms with van der Waals surface area (Å²) in [7, 11) is 0. The Morgan fingerprint density at radius 3 is 2.64 bits per heavy atom. The fraction of sp³-hybridized carbons (Fsp3) is 0.310. The van der Waals surface area contributed by atoms with Gasteiger partial charge in [0.15, 0.2) is 0 Å². The topological polar surface area (TPSA) is 123 Å². The van der Waals surface area contributed by atoms with Crippen molar-refractivity contribution in [3.63, 3.8) is 0 Å². The van der Waals surface area contributed by atoms with E-state index in [2.05, 4.69) is 16.0 Å². The SMILES string of the molecule is Cc1ncc(-c2cc3nc(C)n(Cc4ccc(C#N)cc4)c(=O)c3cc2O[C@H]2CCN3C(=O)OC[C@@H]3C2)cn1. The molecule has 0 spiro atoms. The molecule has 0 aliphatic carbocycles. The molecule has 0 N–H and O–H groups in total. The van der Waals surface area contributed by atoms with Gasteiger partial charge in [-0.05, 0) is 43.7 Å². The fourth-order valence-electron chi connectivity index (χ4n) is 5.22. The molecule has 0 radical (unpaired) electrons. The second-order valence-corrected chi connectivity index (χ2v) is 9.93. The number of fused-ring (bicyclic) bond motifs is 2. The van der Waals surface area contributed by atoms with Gasteiger partial charge in [-0.1, -0.05) is 12.1 Å². The summed E-state index contributed by atoms with van der Waals surface area (Å²) in [6, 6.07) is 12.9. The minimum absolute atomic E-state index is 0.0168. The van der Waals surface area contributed by atoms with Gasteiger partial charge in [-0.2, -0.15) is 5.26 Å². The first-order valence-corrected chi connectivity index (χ1v) is 12.8. The number of aromatic nitrogens is 4. The van der Waals surface area contributed by atoms with Gasteiger partial charge in [0.05, 0.1) is 35.1 Å². The Labute approximate surface area is 224 Å². The molecule has 39 heavy (non-hydrogen) atoms. The van der Waals surface area contributed by atoms with Crippen LogP contribution in [0.2, 0.25) is 0 Å². The van der Waals surface area contributed by atoms with Crippen LogP contribution in [0, 0.1) is 25.2 Å². The van der Waals surface area contributed by atoms with Gasteiger partial charge in [-0.15, -0.1) is 0 Å². The molecule has 2 saturated heterocycles. The number of carbonyl (C=O) groups excluding carboxylic acids is 1. The van der Waals surface area contributed by atoms with Crippen LogP contribution in [0.4, 0.5) is 4.79 Å². The predicted octanol–water partition coefficient (Wildman–Crippen LogP) is 3.75. The van der Waals surface area contributed by atoms with Crippen LogP contribution in [0.3, 0.4) is 0 Å². The summed E-state index contributed by atoms with van der Waals surface area (Å²) in [4.78, 5) is 40.9. The lowest BCUT2D eigenvalue weighted by molar-refractivity contribution is 0.0941. The first kappa shape index (κ1) is 24.6. The van der Waals surface area contributed by atoms with E-state index in [1.165, 1.54) is 0 Å². The van der Waals surface area contributed by atoms with Gasteiger partial charge in [-0.3, -0.25) is 9.36 Å². The average Bonchev–Trinajstić information content (AvgIpc) is 3.31. The number of carbonyl (C=O) groups is 1. The summed E-state index contributed by atoms with van der Waals surface area (Å²) in [5, 5.41) is 9.53. The lowest BCUT2D eigenvalue weighted by Gasteiger charge is -2.33. The molecule has 2 atom stereocenters. The molecule has 2 aliphatic rings. The Kier molecular flexibility index (Phi) is 6.19. The van der Waals surface area contributed by atoms with Crippen molar-refractivity contribution in [3.05, 3.63) is 81.9 Å². The predicted molar refractivity (Wildman–Crippen MR) is 142 cm³/mol. The molecule has 4 heterocycles. The average molecular weight is 523 g/mol. The van der Waals surface area contributed by atoms with Crippen LogP contribution in [-0.4, -0.2) is 55.8 Å². The second-order valence-electron chi connectivity index (χ2n) is 9.93. The highest BCUT2D eigenvalue weighted by Gasteiger charge is 2.39. The molecule has 0 saturated carbocycles. The highest BCUT2D eigenvalue weighted by Crippen LogP contribution is 2.35. The first-order valence-electron chi connectivity index (χ1n) is 12.8. The normalized spacial score (nSPS) is 18.5. The number of nitriles is 1. The van der Waals surface area contributed by atoms with Crippen molar-refractivity contribution in [2.24, 2.45) is 0 Å². The standard InChI is InChI=1S/C29H26N6O4/c1-17-31-13-21(14-32-17)24-10-26-25(11-27(24)39-23-7-8-34-22(9-23)16-38-29(34)37)28(36)35(18(2)33-26)15-20-5-3-19(12-30)4-6-20/h3-6,10-11,13-14,22-23H,7-9,15-16H2,1-2H3/t22-,23-/m0/s1. The molecular weight excluding hydrogens is 496 g/mol. The van der Waals surface area contributed by atoms with Crippen molar-refractivity contribution in [1.82, 2.24) is 24.4 Å². The van der Waals surface area contributed by atoms with Crippen LogP contribution in [-0.2, 0) is 11.3 Å². The number of nitrogens with zero attached hydrogens (tertiary/aromatic N) is 6. The Balaban J connectivity index is 1.41. The second kappa shape index (κ2) is 9.83. The van der Waals surface area contributed by atoms with Gasteiger partial charge in [0.1, 0.15) is 30.1 Å². The van der Waals surface area contributed by atoms with Crippen molar-refractivity contribution >= 4 is 17.0 Å². The van der Waals surface area contributed by atoms with Crippen molar-refractivity contribution in [2.45, 2.75) is 45.4 Å². The highest BCUT2D eigenvalue weighted by molar-refractivity contribution is 5.87. The number of cyclic esters (lactones) is 1. The monoisotopic (exact) mass is 522 g/mol. The lowest BCUT2D eigenvalue weighted by atomic mass is 10.00. The summed E-state index contributed by atoms with van der Waals surface area (Å²) in [5.41, 5.74) is 3.35. The van der Waals surface area contributed by atoms with Gasteiger partial charge < -0.3 is 14.4 Å². The van der Waals surface area contributed by atoms with Gasteiger partial charge >= 0.3 is 6.09 Å². The molecule has 4 aromatic rings. The number of benzene rings is 2. The van der Waals surface area contributed by atoms with E-state index in [0.29, 0.717) is 66.4 Å². The molecular formula is C29H26N6O4. The number of ether oxygens (including phenoxy) is 2. The molecule has 1 amide bonds. The maximum atomic E-state index is 13.7. The third-order valence-corrected chi connectivity index (χ3v) is 7.36. The Bertz CT molecular complexity index is 1670. The van der Waals surface area contributed by atoms with Crippen molar-refractivity contribution in [1.29, 1.82) is 5.26 Å². The van der Waals surface area contributed by atoms with E-state index in [1.807, 2.05) is 32.0 Å². The van der Waals surface area contributed by atoms with Crippen LogP contribution >= 0.6 is 0 Å². The highest BCUT2D eigenvalue weighted by atomic mass is 16.6. The zero-order valence-electron chi connectivity index (χ0n) is 21.6. The van der Waals surface area contributed by atoms with Gasteiger partial charge in [0, 0.05) is 42.9 Å². The summed E-state index contributed by atoms with van der Waals surface area (Å²) in [5.74, 6) is 1.78. The molecule has 2 fully saturated rings. The number of aryl methyl sites for hydroxylation is 2. The van der Waals surface area contributed by atoms with Crippen molar-refractivity contribution < 1.29 is 14.3 Å². The molecule has 10 nitrogen and oxygen atoms in total. The van der Waals surface area contributed by atoms with Crippen molar-refractivity contribution in [3.8, 4) is 22.9 Å². The maximum absolute atomic E-state index is 13.7. The van der Waals surface area contributed by atoms with Crippen LogP contribution in [0.25, 0.3) is 22.0 Å². The summed E-state index contributed by atoms with van der Waals surface area (Å²) < 4.78 is 13.4. The van der Waals surface area contributed by atoms with E-state index < -0.39 is 0 Å². The van der Waals surface area contributed by atoms with E-state index in [4.69, 9.17) is 19.7 Å². The molecule has 10 heteroatoms. The Morgan fingerprint density at radius 1 is 1.13 bits per heavy atom. The molecule has 2 aromatic heterocycles. The maximum Gasteiger partial charge on any atom is 0.410 e. The van der Waals surface area contributed by atoms with E-state index >= 15 is 0 Å². The van der Waals surface area contributed by atoms with E-state index in [0.717, 1.165) is 16.7 Å². The molecule has 6 rings (SSSR count). The molecule has 196 valence electrons. The van der Waals surface area contributed by atoms with E-state index in [9.17, 15) is 9.59 Å². The van der Waals surface area contributed by atoms with Gasteiger partial charge in [-0.25, -0.2) is 19.7 Å². The summed E-state index contributed by atoms with van der Waals surface area (Å²) >= 11 is 0. The summed E-state index contributed by atoms with van der Waals surface area (Å²) in [6.45, 7) is 4.88. The first-order chi connectivity index (χ1) is 18.9. The van der Waals surface area contributed by atoms with Crippen LogP contribution in [0.15, 0.2) is 53.6 Å². The Morgan fingerprint density at radius 2 is 1.90 bits per heavy atom. The quantitative estimate of drug-likeness (QED) is 0.388. The lowest BCUT2D eigenvalue weighted by Crippen LogP contribution is -2.44. The van der Waals surface area contributed by atoms with Crippen LogP contribution in [0.1, 0.15) is 35.6 Å². The van der Waals surface area contributed by atoms with E-state index in [1.54, 1.807) is 40.1 Å². The van der Waals surface area contributed by atoms with E-state index in [-0.39, 0.29) is 23.8 Å². The zero-order valence-corrected chi connectivity index (χ0v) is 21.6. The third-order valence-electron chi connectivity index (χ3n) is 7.36. The smallest absolute Gasteiger partial charge is 0.410 e. The number of amides is 1. The number of rotatable bonds is 5. The zero-order chi connectivity index (χ0) is 27.1. The van der Waals surface area contributed by atoms with Gasteiger partial charge in [0.25, 0.3) is 5.56 Å². The van der Waals surface area contributed by atoms with Gasteiger partial charge in [0.2, 0.25) is 0 Å². The molecule has 0 bridgehead atoms. The minimum Gasteiger partial charge on any atom is -0.490 e. The molecule has 0 unspecified atom stereocenters. The molecule has 2 aliphatic heterocycles. The number of hydrogen-bond donors (Lipinski definition) is 0. The minimum atomic E-state index is -0.272. The fourth-order valence-corrected chi connectivity index (χ4v) is 5.22.